The van der Waals surface area contributed by atoms with E-state index in [0.29, 0.717) is 37.3 Å². The fourth-order valence-electron chi connectivity index (χ4n) is 6.76. The number of carbonyl (C=O) groups is 1. The number of nitrogens with two attached hydrogens (primary N) is 1. The molecule has 2 fully saturated rings. The molecule has 2 atom stereocenters. The Morgan fingerprint density at radius 1 is 1.14 bits per heavy atom. The second kappa shape index (κ2) is 8.00. The summed E-state index contributed by atoms with van der Waals surface area (Å²) in [7, 11) is 0. The van der Waals surface area contributed by atoms with Crippen molar-refractivity contribution < 1.29 is 18.7 Å². The molecule has 0 spiro atoms. The Bertz CT molecular complexity index is 1270. The van der Waals surface area contributed by atoms with Crippen LogP contribution in [0.5, 0.6) is 0 Å². The number of hydrazine groups is 1. The van der Waals surface area contributed by atoms with Crippen molar-refractivity contribution in [1.82, 2.24) is 5.43 Å². The predicted molar refractivity (Wildman–Crippen MR) is 129 cm³/mol. The zero-order valence-electron chi connectivity index (χ0n) is 19.5. The number of aliphatic hydroxyl groups is 1. The molecular weight excluding hydrogens is 448 g/mol. The maximum Gasteiger partial charge on any atom is 0.249 e. The maximum absolute atomic E-state index is 13.7. The minimum Gasteiger partial charge on any atom is -0.389 e. The summed E-state index contributed by atoms with van der Waals surface area (Å²) in [6, 6.07) is 10.6. The highest BCUT2D eigenvalue weighted by Crippen LogP contribution is 2.67. The number of amides is 1. The first-order valence-corrected chi connectivity index (χ1v) is 12.3. The Morgan fingerprint density at radius 2 is 1.89 bits per heavy atom. The number of anilines is 1. The zero-order chi connectivity index (χ0) is 24.4. The van der Waals surface area contributed by atoms with Gasteiger partial charge in [0.15, 0.2) is 0 Å². The van der Waals surface area contributed by atoms with Crippen molar-refractivity contribution in [2.75, 3.05) is 11.6 Å². The van der Waals surface area contributed by atoms with E-state index >= 15 is 0 Å². The van der Waals surface area contributed by atoms with Crippen LogP contribution >= 0.6 is 0 Å². The van der Waals surface area contributed by atoms with Crippen LogP contribution in [-0.2, 0) is 6.42 Å². The van der Waals surface area contributed by atoms with Crippen LogP contribution in [0.1, 0.15) is 54.4 Å². The van der Waals surface area contributed by atoms with E-state index in [9.17, 15) is 18.7 Å². The van der Waals surface area contributed by atoms with Crippen LogP contribution in [-0.4, -0.2) is 23.2 Å². The third-order valence-corrected chi connectivity index (χ3v) is 8.57. The Balaban J connectivity index is 1.31. The highest BCUT2D eigenvalue weighted by molar-refractivity contribution is 5.94. The molecule has 35 heavy (non-hydrogen) atoms. The maximum atomic E-state index is 13.7. The highest BCUT2D eigenvalue weighted by Gasteiger charge is 2.64. The van der Waals surface area contributed by atoms with Gasteiger partial charge < -0.3 is 10.8 Å². The lowest BCUT2D eigenvalue weighted by Gasteiger charge is -2.46. The second-order valence-corrected chi connectivity index (χ2v) is 10.4. The van der Waals surface area contributed by atoms with Gasteiger partial charge in [0.05, 0.1) is 17.0 Å². The fraction of sp³-hybridized carbons (Fsp3) is 0.393. The number of fused-ring (bicyclic) bond motifs is 1. The van der Waals surface area contributed by atoms with Crippen molar-refractivity contribution >= 4 is 11.6 Å². The molecule has 1 aliphatic heterocycles. The van der Waals surface area contributed by atoms with Gasteiger partial charge in [-0.25, -0.2) is 14.2 Å². The number of benzene rings is 2. The molecule has 1 amide bonds. The third kappa shape index (κ3) is 3.52. The average molecular weight is 478 g/mol. The van der Waals surface area contributed by atoms with E-state index in [0.717, 1.165) is 37.1 Å². The summed E-state index contributed by atoms with van der Waals surface area (Å²) in [6.07, 6.45) is 7.64. The van der Waals surface area contributed by atoms with E-state index in [4.69, 9.17) is 5.73 Å². The number of aryl methyl sites for hydroxylation is 1. The van der Waals surface area contributed by atoms with Gasteiger partial charge in [0.1, 0.15) is 11.6 Å². The number of carbonyl (C=O) groups excluding carboxylic acids is 1. The minimum absolute atomic E-state index is 0.186. The summed E-state index contributed by atoms with van der Waals surface area (Å²) in [5.74, 6) is -0.980. The Kier molecular flexibility index (Phi) is 5.13. The number of hydrogen-bond donors (Lipinski definition) is 3. The van der Waals surface area contributed by atoms with Gasteiger partial charge >= 0.3 is 0 Å². The summed E-state index contributed by atoms with van der Waals surface area (Å²) in [5.41, 5.74) is 13.1. The van der Waals surface area contributed by atoms with Crippen molar-refractivity contribution in [3.05, 3.63) is 88.1 Å². The van der Waals surface area contributed by atoms with Gasteiger partial charge in [-0.3, -0.25) is 9.80 Å². The molecule has 6 rings (SSSR count). The molecule has 2 saturated carbocycles. The van der Waals surface area contributed by atoms with Gasteiger partial charge in [0.25, 0.3) is 0 Å². The molecule has 2 aromatic carbocycles. The van der Waals surface area contributed by atoms with Gasteiger partial charge in [-0.05, 0) is 104 Å². The molecule has 5 nitrogen and oxygen atoms in total. The number of nitrogens with zero attached hydrogens (tertiary/aromatic N) is 1. The standard InChI is InChI=1S/C28H29F2N3O2/c29-21-5-7-23(8-6-21)33-25-13-20-10-12-27(35,28(20,19-2-3-19)15-18(25)16-32-33)11-9-17-1-4-22(30)14-24(17)26(31)34/h1,4-8,13-14,19,32,35H,2-3,9-12,15-16H2,(H2,31,34)/t27-,28?/m0/s1. The van der Waals surface area contributed by atoms with E-state index in [1.165, 1.54) is 35.4 Å². The van der Waals surface area contributed by atoms with E-state index < -0.39 is 17.3 Å². The Morgan fingerprint density at radius 3 is 2.60 bits per heavy atom. The minimum atomic E-state index is -0.912. The predicted octanol–water partition coefficient (Wildman–Crippen LogP) is 4.53. The zero-order valence-corrected chi connectivity index (χ0v) is 19.5. The van der Waals surface area contributed by atoms with Gasteiger partial charge in [0, 0.05) is 17.5 Å². The molecule has 4 aliphatic rings. The van der Waals surface area contributed by atoms with Gasteiger partial charge in [-0.1, -0.05) is 11.6 Å². The quantitative estimate of drug-likeness (QED) is 0.572. The normalized spacial score (nSPS) is 27.6. The number of halogens is 2. The van der Waals surface area contributed by atoms with Gasteiger partial charge in [0.2, 0.25) is 5.91 Å². The molecule has 1 unspecified atom stereocenters. The molecule has 0 bridgehead atoms. The summed E-state index contributed by atoms with van der Waals surface area (Å²) in [5, 5.41) is 14.2. The van der Waals surface area contributed by atoms with Crippen LogP contribution < -0.4 is 16.2 Å². The van der Waals surface area contributed by atoms with Crippen molar-refractivity contribution in [1.29, 1.82) is 0 Å². The molecule has 0 saturated heterocycles. The van der Waals surface area contributed by atoms with Gasteiger partial charge in [-0.15, -0.1) is 0 Å². The smallest absolute Gasteiger partial charge is 0.249 e. The SMILES string of the molecule is NC(=O)c1cc(F)ccc1CC[C@]1(O)CCC2=CC3=C(CNN3c3ccc(F)cc3)CC21C1CC1. The molecule has 4 N–H and O–H groups in total. The first-order valence-electron chi connectivity index (χ1n) is 12.3. The summed E-state index contributed by atoms with van der Waals surface area (Å²) < 4.78 is 27.2. The van der Waals surface area contributed by atoms with Crippen LogP contribution in [0.25, 0.3) is 0 Å². The monoisotopic (exact) mass is 477 g/mol. The van der Waals surface area contributed by atoms with Crippen LogP contribution in [0, 0.1) is 23.0 Å². The fourth-order valence-corrected chi connectivity index (χ4v) is 6.76. The van der Waals surface area contributed by atoms with Gasteiger partial charge in [-0.2, -0.15) is 0 Å². The lowest BCUT2D eigenvalue weighted by Crippen LogP contribution is -2.48. The van der Waals surface area contributed by atoms with Crippen LogP contribution in [0.2, 0.25) is 0 Å². The van der Waals surface area contributed by atoms with E-state index in [1.54, 1.807) is 18.2 Å². The average Bonchev–Trinajstić information content (AvgIpc) is 3.56. The van der Waals surface area contributed by atoms with Crippen molar-refractivity contribution in [2.24, 2.45) is 17.1 Å². The molecule has 1 heterocycles. The van der Waals surface area contributed by atoms with Crippen LogP contribution in [0.4, 0.5) is 14.5 Å². The lowest BCUT2D eigenvalue weighted by molar-refractivity contribution is -0.0665. The molecule has 182 valence electrons. The van der Waals surface area contributed by atoms with Crippen LogP contribution in [0.3, 0.4) is 0 Å². The van der Waals surface area contributed by atoms with E-state index in [-0.39, 0.29) is 16.8 Å². The molecule has 2 aromatic rings. The molecule has 0 radical (unpaired) electrons. The van der Waals surface area contributed by atoms with Crippen LogP contribution in [0.15, 0.2) is 65.4 Å². The lowest BCUT2D eigenvalue weighted by atomic mass is 9.61. The van der Waals surface area contributed by atoms with Crippen molar-refractivity contribution in [3.63, 3.8) is 0 Å². The van der Waals surface area contributed by atoms with E-state index in [2.05, 4.69) is 11.5 Å². The topological polar surface area (TPSA) is 78.6 Å². The third-order valence-electron chi connectivity index (χ3n) is 8.57. The molecule has 3 aliphatic carbocycles. The Labute approximate surface area is 203 Å². The largest absolute Gasteiger partial charge is 0.389 e. The molecule has 7 heteroatoms. The first-order chi connectivity index (χ1) is 16.8. The van der Waals surface area contributed by atoms with Crippen molar-refractivity contribution in [3.8, 4) is 0 Å². The number of rotatable bonds is 6. The van der Waals surface area contributed by atoms with E-state index in [1.807, 2.05) is 5.01 Å². The number of allylic oxidation sites excluding steroid dienone is 1. The second-order valence-electron chi connectivity index (χ2n) is 10.4. The number of nitrogens with one attached hydrogen (secondary N) is 1. The van der Waals surface area contributed by atoms with Crippen molar-refractivity contribution in [2.45, 2.75) is 50.5 Å². The molecular formula is C28H29F2N3O2. The Hall–Kier alpha value is -3.03. The summed E-state index contributed by atoms with van der Waals surface area (Å²) in [4.78, 5) is 11.9. The summed E-state index contributed by atoms with van der Waals surface area (Å²) in [6.45, 7) is 0.685. The summed E-state index contributed by atoms with van der Waals surface area (Å²) >= 11 is 0. The number of hydrogen-bond acceptors (Lipinski definition) is 4. The number of primary amides is 1. The highest BCUT2D eigenvalue weighted by atomic mass is 19.1. The first kappa shape index (κ1) is 22.4. The molecule has 0 aromatic heterocycles.